The van der Waals surface area contributed by atoms with Crippen molar-refractivity contribution in [2.45, 2.75) is 77.0 Å². The molecule has 0 aromatic carbocycles. The highest BCUT2D eigenvalue weighted by molar-refractivity contribution is 4.86. The lowest BCUT2D eigenvalue weighted by Gasteiger charge is -2.33. The Labute approximate surface area is 100 Å². The van der Waals surface area contributed by atoms with Gasteiger partial charge in [-0.05, 0) is 38.0 Å². The van der Waals surface area contributed by atoms with Crippen molar-refractivity contribution in [3.05, 3.63) is 0 Å². The molecule has 1 aliphatic heterocycles. The maximum absolute atomic E-state index is 5.80. The van der Waals surface area contributed by atoms with E-state index in [1.807, 2.05) is 0 Å². The molecule has 4 unspecified atom stereocenters. The number of hydrogen-bond donors (Lipinski definition) is 1. The molecule has 1 heterocycles. The van der Waals surface area contributed by atoms with Gasteiger partial charge in [0.2, 0.25) is 0 Å². The number of ether oxygens (including phenoxy) is 1. The first-order chi connectivity index (χ1) is 7.79. The van der Waals surface area contributed by atoms with Gasteiger partial charge in [-0.3, -0.25) is 0 Å². The van der Waals surface area contributed by atoms with Crippen LogP contribution in [0.3, 0.4) is 0 Å². The Morgan fingerprint density at radius 2 is 2.12 bits per heavy atom. The Bertz CT molecular complexity index is 205. The van der Waals surface area contributed by atoms with Crippen molar-refractivity contribution in [1.82, 2.24) is 5.32 Å². The summed E-state index contributed by atoms with van der Waals surface area (Å²) in [6.07, 6.45) is 9.67. The standard InChI is InChI=1S/C14H27NO/c1-3-5-13-10-12(8-9-16-13)15-14-7-4-6-11(14)2/h11-15H,3-10H2,1-2H3. The zero-order chi connectivity index (χ0) is 11.4. The fraction of sp³-hybridized carbons (Fsp3) is 1.00. The zero-order valence-electron chi connectivity index (χ0n) is 10.9. The van der Waals surface area contributed by atoms with Gasteiger partial charge < -0.3 is 10.1 Å². The normalized spacial score (nSPS) is 40.1. The molecule has 2 heteroatoms. The Hall–Kier alpha value is -0.0800. The van der Waals surface area contributed by atoms with Crippen LogP contribution in [-0.4, -0.2) is 24.8 Å². The topological polar surface area (TPSA) is 21.3 Å². The molecule has 0 aromatic rings. The Balaban J connectivity index is 1.76. The molecule has 1 saturated carbocycles. The molecule has 1 aliphatic carbocycles. The van der Waals surface area contributed by atoms with Crippen LogP contribution in [0.15, 0.2) is 0 Å². The fourth-order valence-corrected chi connectivity index (χ4v) is 3.25. The lowest BCUT2D eigenvalue weighted by Crippen LogP contribution is -2.45. The Morgan fingerprint density at radius 1 is 1.25 bits per heavy atom. The van der Waals surface area contributed by atoms with Crippen molar-refractivity contribution in [2.75, 3.05) is 6.61 Å². The van der Waals surface area contributed by atoms with Crippen LogP contribution in [0.1, 0.15) is 58.8 Å². The van der Waals surface area contributed by atoms with Gasteiger partial charge in [-0.1, -0.05) is 26.7 Å². The summed E-state index contributed by atoms with van der Waals surface area (Å²) in [5, 5.41) is 3.88. The van der Waals surface area contributed by atoms with Crippen LogP contribution in [0, 0.1) is 5.92 Å². The van der Waals surface area contributed by atoms with Gasteiger partial charge in [-0.2, -0.15) is 0 Å². The summed E-state index contributed by atoms with van der Waals surface area (Å²) in [6, 6.07) is 1.50. The van der Waals surface area contributed by atoms with Crippen molar-refractivity contribution < 1.29 is 4.74 Å². The van der Waals surface area contributed by atoms with Gasteiger partial charge in [0.1, 0.15) is 0 Å². The molecule has 0 bridgehead atoms. The summed E-state index contributed by atoms with van der Waals surface area (Å²) in [5.41, 5.74) is 0. The predicted molar refractivity (Wildman–Crippen MR) is 67.6 cm³/mol. The highest BCUT2D eigenvalue weighted by Gasteiger charge is 2.28. The molecule has 2 aliphatic rings. The minimum Gasteiger partial charge on any atom is -0.378 e. The van der Waals surface area contributed by atoms with Crippen LogP contribution >= 0.6 is 0 Å². The smallest absolute Gasteiger partial charge is 0.0589 e. The quantitative estimate of drug-likeness (QED) is 0.794. The maximum atomic E-state index is 5.80. The predicted octanol–water partition coefficient (Wildman–Crippen LogP) is 3.11. The maximum Gasteiger partial charge on any atom is 0.0589 e. The van der Waals surface area contributed by atoms with E-state index in [-0.39, 0.29) is 0 Å². The van der Waals surface area contributed by atoms with Crippen molar-refractivity contribution in [1.29, 1.82) is 0 Å². The van der Waals surface area contributed by atoms with E-state index in [9.17, 15) is 0 Å². The Kier molecular flexibility index (Phi) is 4.66. The highest BCUT2D eigenvalue weighted by atomic mass is 16.5. The number of hydrogen-bond acceptors (Lipinski definition) is 2. The SMILES string of the molecule is CCCC1CC(NC2CCCC2C)CCO1. The van der Waals surface area contributed by atoms with Crippen molar-refractivity contribution in [3.8, 4) is 0 Å². The van der Waals surface area contributed by atoms with Crippen LogP contribution in [-0.2, 0) is 4.74 Å². The van der Waals surface area contributed by atoms with E-state index in [0.717, 1.165) is 24.6 Å². The van der Waals surface area contributed by atoms with Gasteiger partial charge >= 0.3 is 0 Å². The summed E-state index contributed by atoms with van der Waals surface area (Å²) in [5.74, 6) is 0.882. The molecular weight excluding hydrogens is 198 g/mol. The van der Waals surface area contributed by atoms with Gasteiger partial charge in [0.05, 0.1) is 6.10 Å². The lowest BCUT2D eigenvalue weighted by atomic mass is 9.97. The first-order valence-corrected chi connectivity index (χ1v) is 7.17. The van der Waals surface area contributed by atoms with Gasteiger partial charge in [0.25, 0.3) is 0 Å². The van der Waals surface area contributed by atoms with Gasteiger partial charge in [0.15, 0.2) is 0 Å². The minimum absolute atomic E-state index is 0.521. The molecule has 2 rings (SSSR count). The van der Waals surface area contributed by atoms with Crippen molar-refractivity contribution >= 4 is 0 Å². The second-order valence-electron chi connectivity index (χ2n) is 5.68. The first-order valence-electron chi connectivity index (χ1n) is 7.17. The van der Waals surface area contributed by atoms with E-state index in [1.165, 1.54) is 44.9 Å². The zero-order valence-corrected chi connectivity index (χ0v) is 10.9. The molecule has 1 N–H and O–H groups in total. The molecule has 1 saturated heterocycles. The molecule has 2 nitrogen and oxygen atoms in total. The van der Waals surface area contributed by atoms with E-state index in [0.29, 0.717) is 6.10 Å². The summed E-state index contributed by atoms with van der Waals surface area (Å²) >= 11 is 0. The van der Waals surface area contributed by atoms with Crippen LogP contribution in [0.5, 0.6) is 0 Å². The number of rotatable bonds is 4. The molecule has 16 heavy (non-hydrogen) atoms. The van der Waals surface area contributed by atoms with Crippen LogP contribution in [0.25, 0.3) is 0 Å². The molecule has 0 amide bonds. The highest BCUT2D eigenvalue weighted by Crippen LogP contribution is 2.27. The molecular formula is C14H27NO. The largest absolute Gasteiger partial charge is 0.378 e. The third-order valence-electron chi connectivity index (χ3n) is 4.29. The number of nitrogens with one attached hydrogen (secondary N) is 1. The minimum atomic E-state index is 0.521. The molecule has 0 aromatic heterocycles. The molecule has 2 fully saturated rings. The van der Waals surface area contributed by atoms with Crippen molar-refractivity contribution in [3.63, 3.8) is 0 Å². The van der Waals surface area contributed by atoms with E-state index in [2.05, 4.69) is 19.2 Å². The van der Waals surface area contributed by atoms with E-state index in [1.54, 1.807) is 0 Å². The van der Waals surface area contributed by atoms with Crippen molar-refractivity contribution in [2.24, 2.45) is 5.92 Å². The molecule has 0 spiro atoms. The van der Waals surface area contributed by atoms with Gasteiger partial charge in [-0.25, -0.2) is 0 Å². The third kappa shape index (κ3) is 3.21. The average molecular weight is 225 g/mol. The van der Waals surface area contributed by atoms with Crippen LogP contribution < -0.4 is 5.32 Å². The summed E-state index contributed by atoms with van der Waals surface area (Å²) in [6.45, 7) is 5.61. The molecule has 94 valence electrons. The summed E-state index contributed by atoms with van der Waals surface area (Å²) in [7, 11) is 0. The van der Waals surface area contributed by atoms with E-state index < -0.39 is 0 Å². The van der Waals surface area contributed by atoms with Crippen LogP contribution in [0.4, 0.5) is 0 Å². The van der Waals surface area contributed by atoms with E-state index >= 15 is 0 Å². The average Bonchev–Trinajstić information content (AvgIpc) is 2.66. The van der Waals surface area contributed by atoms with Gasteiger partial charge in [0, 0.05) is 18.7 Å². The third-order valence-corrected chi connectivity index (χ3v) is 4.29. The second kappa shape index (κ2) is 6.02. The summed E-state index contributed by atoms with van der Waals surface area (Å²) < 4.78 is 5.80. The fourth-order valence-electron chi connectivity index (χ4n) is 3.25. The molecule has 4 atom stereocenters. The first kappa shape index (κ1) is 12.4. The molecule has 0 radical (unpaired) electrons. The van der Waals surface area contributed by atoms with E-state index in [4.69, 9.17) is 4.74 Å². The Morgan fingerprint density at radius 3 is 2.81 bits per heavy atom. The lowest BCUT2D eigenvalue weighted by molar-refractivity contribution is -0.00564. The summed E-state index contributed by atoms with van der Waals surface area (Å²) in [4.78, 5) is 0. The van der Waals surface area contributed by atoms with Gasteiger partial charge in [-0.15, -0.1) is 0 Å². The monoisotopic (exact) mass is 225 g/mol. The van der Waals surface area contributed by atoms with Crippen LogP contribution in [0.2, 0.25) is 0 Å². The second-order valence-corrected chi connectivity index (χ2v) is 5.68.